The van der Waals surface area contributed by atoms with Crippen LogP contribution in [0, 0.1) is 0 Å². The maximum Gasteiger partial charge on any atom is 0.331 e. The maximum atomic E-state index is 13.1. The van der Waals surface area contributed by atoms with Gasteiger partial charge in [0.2, 0.25) is 0 Å². The molecule has 0 aromatic heterocycles. The SMILES string of the molecule is C=CCC[C@H]1O[C@@]2(C)C[C@@](C)(O[Si](C)(C)C)[C@H](CCCOCc3ccc(OC)cc3)O[C@@H]2C[C@@H]1OC(=O)CO[Si](C)(C)C(C)(C)C. The molecular formula is C36H62O8Si2. The summed E-state index contributed by atoms with van der Waals surface area (Å²) in [6.07, 6.45) is 5.19. The molecule has 2 fully saturated rings. The summed E-state index contributed by atoms with van der Waals surface area (Å²) in [7, 11) is -2.36. The van der Waals surface area contributed by atoms with E-state index in [1.54, 1.807) is 7.11 Å². The van der Waals surface area contributed by atoms with E-state index >= 15 is 0 Å². The first-order chi connectivity index (χ1) is 21.3. The van der Waals surface area contributed by atoms with E-state index < -0.39 is 33.9 Å². The molecule has 1 aromatic carbocycles. The Kier molecular flexibility index (Phi) is 13.4. The van der Waals surface area contributed by atoms with Crippen molar-refractivity contribution in [1.82, 2.24) is 0 Å². The van der Waals surface area contributed by atoms with Crippen molar-refractivity contribution < 1.29 is 37.3 Å². The quantitative estimate of drug-likeness (QED) is 0.0749. The van der Waals surface area contributed by atoms with Gasteiger partial charge < -0.3 is 32.5 Å². The van der Waals surface area contributed by atoms with Crippen molar-refractivity contribution in [2.24, 2.45) is 0 Å². The maximum absolute atomic E-state index is 13.1. The molecule has 2 aliphatic rings. The van der Waals surface area contributed by atoms with Crippen molar-refractivity contribution in [2.75, 3.05) is 20.3 Å². The van der Waals surface area contributed by atoms with Crippen LogP contribution in [0.4, 0.5) is 0 Å². The number of hydrogen-bond acceptors (Lipinski definition) is 8. The summed E-state index contributed by atoms with van der Waals surface area (Å²) in [4.78, 5) is 13.1. The Morgan fingerprint density at radius 1 is 1.09 bits per heavy atom. The lowest BCUT2D eigenvalue weighted by Gasteiger charge is -2.58. The Hall–Kier alpha value is -1.54. The molecule has 1 aromatic rings. The number of rotatable bonds is 16. The zero-order chi connectivity index (χ0) is 34.4. The lowest BCUT2D eigenvalue weighted by molar-refractivity contribution is -0.305. The van der Waals surface area contributed by atoms with Gasteiger partial charge in [-0.1, -0.05) is 39.0 Å². The molecule has 3 rings (SSSR count). The molecule has 2 saturated heterocycles. The van der Waals surface area contributed by atoms with Crippen LogP contribution in [0.1, 0.15) is 78.7 Å². The van der Waals surface area contributed by atoms with Crippen molar-refractivity contribution in [3.8, 4) is 5.75 Å². The fourth-order valence-corrected chi connectivity index (χ4v) is 8.90. The first-order valence-corrected chi connectivity index (χ1v) is 23.3. The molecule has 10 heteroatoms. The van der Waals surface area contributed by atoms with Crippen LogP contribution in [0.3, 0.4) is 0 Å². The molecule has 46 heavy (non-hydrogen) atoms. The largest absolute Gasteiger partial charge is 0.497 e. The van der Waals surface area contributed by atoms with E-state index in [-0.39, 0.29) is 35.9 Å². The van der Waals surface area contributed by atoms with Gasteiger partial charge in [-0.15, -0.1) is 6.58 Å². The lowest BCUT2D eigenvalue weighted by atomic mass is 9.74. The first-order valence-electron chi connectivity index (χ1n) is 17.0. The fourth-order valence-electron chi connectivity index (χ4n) is 6.38. The van der Waals surface area contributed by atoms with Crippen LogP contribution in [-0.4, -0.2) is 78.5 Å². The predicted molar refractivity (Wildman–Crippen MR) is 188 cm³/mol. The van der Waals surface area contributed by atoms with E-state index in [0.29, 0.717) is 32.5 Å². The summed E-state index contributed by atoms with van der Waals surface area (Å²) in [6.45, 7) is 26.8. The van der Waals surface area contributed by atoms with E-state index in [9.17, 15) is 4.79 Å². The number of carbonyl (C=O) groups excluding carboxylic acids is 1. The van der Waals surface area contributed by atoms with Gasteiger partial charge in [-0.3, -0.25) is 0 Å². The van der Waals surface area contributed by atoms with Gasteiger partial charge in [0.15, 0.2) is 16.6 Å². The van der Waals surface area contributed by atoms with Crippen LogP contribution in [-0.2, 0) is 39.2 Å². The van der Waals surface area contributed by atoms with E-state index in [1.807, 2.05) is 30.3 Å². The smallest absolute Gasteiger partial charge is 0.331 e. The van der Waals surface area contributed by atoms with Crippen LogP contribution in [0.5, 0.6) is 5.75 Å². The number of ether oxygens (including phenoxy) is 5. The average molecular weight is 679 g/mol. The normalized spacial score (nSPS) is 28.8. The molecule has 0 spiro atoms. The van der Waals surface area contributed by atoms with Crippen LogP contribution in [0.25, 0.3) is 0 Å². The van der Waals surface area contributed by atoms with Gasteiger partial charge in [0.05, 0.1) is 43.2 Å². The Bertz CT molecular complexity index is 1130. The molecule has 0 N–H and O–H groups in total. The van der Waals surface area contributed by atoms with Crippen LogP contribution in [0.2, 0.25) is 37.8 Å². The third kappa shape index (κ3) is 10.7. The highest BCUT2D eigenvalue weighted by Crippen LogP contribution is 2.48. The van der Waals surface area contributed by atoms with Gasteiger partial charge in [-0.05, 0) is 95.0 Å². The fraction of sp³-hybridized carbons (Fsp3) is 0.750. The highest BCUT2D eigenvalue weighted by atomic mass is 28.4. The van der Waals surface area contributed by atoms with Gasteiger partial charge in [0, 0.05) is 19.4 Å². The lowest BCUT2D eigenvalue weighted by Crippen LogP contribution is -2.67. The summed E-state index contributed by atoms with van der Waals surface area (Å²) in [5.74, 6) is 0.487. The van der Waals surface area contributed by atoms with Gasteiger partial charge in [0.1, 0.15) is 18.5 Å². The summed E-state index contributed by atoms with van der Waals surface area (Å²) in [6, 6.07) is 7.95. The minimum absolute atomic E-state index is 0.00580. The summed E-state index contributed by atoms with van der Waals surface area (Å²) in [5.41, 5.74) is 0.00947. The molecule has 6 atom stereocenters. The third-order valence-corrected chi connectivity index (χ3v) is 15.2. The minimum Gasteiger partial charge on any atom is -0.497 e. The average Bonchev–Trinajstić information content (AvgIpc) is 2.94. The zero-order valence-corrected chi connectivity index (χ0v) is 32.5. The van der Waals surface area contributed by atoms with E-state index in [0.717, 1.165) is 30.6 Å². The van der Waals surface area contributed by atoms with Crippen molar-refractivity contribution in [2.45, 2.75) is 153 Å². The molecular weight excluding hydrogens is 617 g/mol. The molecule has 0 radical (unpaired) electrons. The number of benzene rings is 1. The van der Waals surface area contributed by atoms with Crippen molar-refractivity contribution in [1.29, 1.82) is 0 Å². The highest BCUT2D eigenvalue weighted by Gasteiger charge is 2.58. The molecule has 2 heterocycles. The Morgan fingerprint density at radius 2 is 1.76 bits per heavy atom. The number of methoxy groups -OCH3 is 1. The van der Waals surface area contributed by atoms with E-state index in [2.05, 4.69) is 73.9 Å². The van der Waals surface area contributed by atoms with Crippen molar-refractivity contribution in [3.63, 3.8) is 0 Å². The monoisotopic (exact) mass is 678 g/mol. The van der Waals surface area contributed by atoms with Gasteiger partial charge >= 0.3 is 5.97 Å². The third-order valence-electron chi connectivity index (χ3n) is 9.69. The van der Waals surface area contributed by atoms with Crippen molar-refractivity contribution >= 4 is 22.6 Å². The second-order valence-electron chi connectivity index (χ2n) is 16.0. The Labute approximate surface area is 281 Å². The van der Waals surface area contributed by atoms with E-state index in [4.69, 9.17) is 32.5 Å². The van der Waals surface area contributed by atoms with Gasteiger partial charge in [0.25, 0.3) is 0 Å². The topological polar surface area (TPSA) is 81.7 Å². The van der Waals surface area contributed by atoms with Crippen molar-refractivity contribution in [3.05, 3.63) is 42.5 Å². The second-order valence-corrected chi connectivity index (χ2v) is 25.2. The molecule has 0 aliphatic carbocycles. The van der Waals surface area contributed by atoms with Crippen LogP contribution < -0.4 is 4.74 Å². The summed E-state index contributed by atoms with van der Waals surface area (Å²) < 4.78 is 44.3. The zero-order valence-electron chi connectivity index (χ0n) is 30.5. The Balaban J connectivity index is 1.70. The summed E-state index contributed by atoms with van der Waals surface area (Å²) >= 11 is 0. The Morgan fingerprint density at radius 3 is 2.35 bits per heavy atom. The van der Waals surface area contributed by atoms with Crippen LogP contribution in [0.15, 0.2) is 36.9 Å². The predicted octanol–water partition coefficient (Wildman–Crippen LogP) is 8.21. The van der Waals surface area contributed by atoms with Gasteiger partial charge in [-0.2, -0.15) is 0 Å². The molecule has 0 bridgehead atoms. The molecule has 0 saturated carbocycles. The second kappa shape index (κ2) is 15.8. The van der Waals surface area contributed by atoms with Gasteiger partial charge in [-0.25, -0.2) is 4.79 Å². The molecule has 262 valence electrons. The number of hydrogen-bond donors (Lipinski definition) is 0. The minimum atomic E-state index is -2.09. The molecule has 8 nitrogen and oxygen atoms in total. The number of fused-ring (bicyclic) bond motifs is 1. The summed E-state index contributed by atoms with van der Waals surface area (Å²) in [5, 5.41) is 0.00580. The molecule has 0 unspecified atom stereocenters. The van der Waals surface area contributed by atoms with E-state index in [1.165, 1.54) is 0 Å². The molecule has 2 aliphatic heterocycles. The highest BCUT2D eigenvalue weighted by molar-refractivity contribution is 6.74. The number of esters is 1. The first kappa shape index (κ1) is 38.9. The number of carbonyl (C=O) groups is 1. The number of allylic oxidation sites excluding steroid dienone is 1. The standard InChI is InChI=1S/C36H62O8Si2/c1-13-14-16-29-30(41-33(37)25-40-46(11,12)34(2,3)4)23-32-35(5,43-29)26-36(6,44-45(8,9)10)31(42-32)17-15-22-39-24-27-18-20-28(38-7)21-19-27/h13,18-21,29-32H,1,14-17,22-26H2,2-12H3/t29-,30+,31+,32-,35+,36-/m1/s1. The molecule has 0 amide bonds. The van der Waals surface area contributed by atoms with Crippen LogP contribution >= 0.6 is 0 Å².